The Bertz CT molecular complexity index is 1240. The summed E-state index contributed by atoms with van der Waals surface area (Å²) in [6.07, 6.45) is 3.82. The summed E-state index contributed by atoms with van der Waals surface area (Å²) in [5, 5.41) is 6.71. The van der Waals surface area contributed by atoms with Gasteiger partial charge in [0.2, 0.25) is 10.0 Å². The number of amides is 1. The molecule has 1 aromatic heterocycles. The van der Waals surface area contributed by atoms with Crippen LogP contribution in [0.15, 0.2) is 57.9 Å². The highest BCUT2D eigenvalue weighted by Crippen LogP contribution is 2.24. The van der Waals surface area contributed by atoms with Crippen LogP contribution < -0.4 is 10.1 Å². The number of carbonyl (C=O) groups is 1. The molecular weight excluding hydrogens is 454 g/mol. The van der Waals surface area contributed by atoms with Crippen LogP contribution in [0, 0.1) is 13.8 Å². The van der Waals surface area contributed by atoms with Crippen molar-refractivity contribution >= 4 is 21.6 Å². The van der Waals surface area contributed by atoms with Gasteiger partial charge in [-0.05, 0) is 63.1 Å². The van der Waals surface area contributed by atoms with Crippen molar-refractivity contribution in [2.45, 2.75) is 51.0 Å². The third-order valence-corrected chi connectivity index (χ3v) is 7.85. The highest BCUT2D eigenvalue weighted by molar-refractivity contribution is 7.89. The van der Waals surface area contributed by atoms with E-state index >= 15 is 0 Å². The van der Waals surface area contributed by atoms with Gasteiger partial charge in [-0.2, -0.15) is 4.31 Å². The predicted octanol–water partition coefficient (Wildman–Crippen LogP) is 4.69. The molecule has 0 aliphatic carbocycles. The van der Waals surface area contributed by atoms with Crippen LogP contribution in [-0.4, -0.2) is 36.9 Å². The quantitative estimate of drug-likeness (QED) is 0.523. The fraction of sp³-hybridized carbons (Fsp3) is 0.360. The fourth-order valence-electron chi connectivity index (χ4n) is 3.96. The van der Waals surface area contributed by atoms with Gasteiger partial charge in [-0.3, -0.25) is 4.79 Å². The number of nitrogens with one attached hydrogen (secondary N) is 1. The zero-order valence-corrected chi connectivity index (χ0v) is 20.2. The Hall–Kier alpha value is -3.17. The van der Waals surface area contributed by atoms with E-state index in [1.54, 1.807) is 46.8 Å². The minimum absolute atomic E-state index is 0.184. The Labute approximate surface area is 200 Å². The van der Waals surface area contributed by atoms with E-state index in [0.29, 0.717) is 35.9 Å². The maximum Gasteiger partial charge on any atom is 0.255 e. The van der Waals surface area contributed by atoms with Crippen LogP contribution in [0.25, 0.3) is 0 Å². The molecule has 1 amide bonds. The van der Waals surface area contributed by atoms with Crippen molar-refractivity contribution in [1.29, 1.82) is 0 Å². The Morgan fingerprint density at radius 1 is 1.06 bits per heavy atom. The van der Waals surface area contributed by atoms with Gasteiger partial charge in [-0.1, -0.05) is 30.1 Å². The molecule has 1 aliphatic rings. The van der Waals surface area contributed by atoms with Crippen molar-refractivity contribution in [1.82, 2.24) is 9.46 Å². The molecule has 1 saturated heterocycles. The highest BCUT2D eigenvalue weighted by Gasteiger charge is 2.25. The van der Waals surface area contributed by atoms with Crippen LogP contribution in [0.4, 0.5) is 5.69 Å². The first-order valence-electron chi connectivity index (χ1n) is 11.4. The van der Waals surface area contributed by atoms with Crippen LogP contribution in [0.2, 0.25) is 0 Å². The smallest absolute Gasteiger partial charge is 0.255 e. The molecule has 4 rings (SSSR count). The summed E-state index contributed by atoms with van der Waals surface area (Å²) in [6, 6.07) is 13.2. The molecule has 0 spiro atoms. The lowest BCUT2D eigenvalue weighted by molar-refractivity contribution is 0.102. The number of benzene rings is 2. The molecule has 0 saturated carbocycles. The van der Waals surface area contributed by atoms with Crippen LogP contribution in [0.3, 0.4) is 0 Å². The second-order valence-corrected chi connectivity index (χ2v) is 10.4. The van der Waals surface area contributed by atoms with Crippen molar-refractivity contribution in [2.75, 3.05) is 18.4 Å². The molecule has 3 aromatic rings. The zero-order valence-electron chi connectivity index (χ0n) is 19.4. The third-order valence-electron chi connectivity index (χ3n) is 5.96. The standard InChI is InChI=1S/C25H29N3O5S/c1-18-24(19(2)33-27-18)17-32-22-11-7-9-20(15-22)25(29)26-21-10-8-12-23(16-21)34(30,31)28-13-5-3-4-6-14-28/h7-12,15-16H,3-6,13-14,17H2,1-2H3,(H,26,29). The number of anilines is 1. The molecule has 1 fully saturated rings. The van der Waals surface area contributed by atoms with E-state index in [4.69, 9.17) is 9.26 Å². The third kappa shape index (κ3) is 5.48. The number of aryl methyl sites for hydroxylation is 2. The largest absolute Gasteiger partial charge is 0.489 e. The molecule has 0 radical (unpaired) electrons. The summed E-state index contributed by atoms with van der Waals surface area (Å²) in [5.74, 6) is 0.874. The first-order chi connectivity index (χ1) is 16.3. The average molecular weight is 484 g/mol. The number of sulfonamides is 1. The Morgan fingerprint density at radius 2 is 1.79 bits per heavy atom. The van der Waals surface area contributed by atoms with Crippen molar-refractivity contribution in [2.24, 2.45) is 0 Å². The van der Waals surface area contributed by atoms with Crippen LogP contribution in [-0.2, 0) is 16.6 Å². The van der Waals surface area contributed by atoms with Gasteiger partial charge in [0.25, 0.3) is 5.91 Å². The number of nitrogens with zero attached hydrogens (tertiary/aromatic N) is 2. The highest BCUT2D eigenvalue weighted by atomic mass is 32.2. The van der Waals surface area contributed by atoms with Crippen molar-refractivity contribution in [3.05, 3.63) is 71.1 Å². The normalized spacial score (nSPS) is 15.0. The molecule has 1 N–H and O–H groups in total. The molecule has 0 unspecified atom stereocenters. The lowest BCUT2D eigenvalue weighted by atomic mass is 10.2. The molecule has 0 bridgehead atoms. The van der Waals surface area contributed by atoms with Gasteiger partial charge < -0.3 is 14.6 Å². The van der Waals surface area contributed by atoms with E-state index in [1.807, 2.05) is 13.8 Å². The second-order valence-electron chi connectivity index (χ2n) is 8.42. The number of hydrogen-bond acceptors (Lipinski definition) is 6. The van der Waals surface area contributed by atoms with Gasteiger partial charge in [0.15, 0.2) is 0 Å². The Balaban J connectivity index is 1.45. The van der Waals surface area contributed by atoms with E-state index in [1.165, 1.54) is 6.07 Å². The van der Waals surface area contributed by atoms with Gasteiger partial charge in [0.05, 0.1) is 16.2 Å². The van der Waals surface area contributed by atoms with Gasteiger partial charge >= 0.3 is 0 Å². The first kappa shape index (κ1) is 24.0. The molecule has 2 aromatic carbocycles. The summed E-state index contributed by atoms with van der Waals surface area (Å²) in [5.41, 5.74) is 2.46. The topological polar surface area (TPSA) is 102 Å². The number of ether oxygens (including phenoxy) is 1. The van der Waals surface area contributed by atoms with Crippen molar-refractivity contribution in [3.63, 3.8) is 0 Å². The monoisotopic (exact) mass is 483 g/mol. The van der Waals surface area contributed by atoms with Crippen LogP contribution in [0.1, 0.15) is 53.1 Å². The van der Waals surface area contributed by atoms with E-state index in [-0.39, 0.29) is 17.4 Å². The second kappa shape index (κ2) is 10.4. The van der Waals surface area contributed by atoms with E-state index in [2.05, 4.69) is 10.5 Å². The predicted molar refractivity (Wildman–Crippen MR) is 128 cm³/mol. The minimum atomic E-state index is -3.60. The molecular formula is C25H29N3O5S. The maximum absolute atomic E-state index is 13.1. The molecule has 0 atom stereocenters. The van der Waals surface area contributed by atoms with Gasteiger partial charge in [-0.25, -0.2) is 8.42 Å². The number of hydrogen-bond donors (Lipinski definition) is 1. The van der Waals surface area contributed by atoms with Crippen molar-refractivity contribution in [3.8, 4) is 5.75 Å². The van der Waals surface area contributed by atoms with Crippen LogP contribution >= 0.6 is 0 Å². The SMILES string of the molecule is Cc1noc(C)c1COc1cccc(C(=O)Nc2cccc(S(=O)(=O)N3CCCCCC3)c2)c1. The molecule has 9 heteroatoms. The summed E-state index contributed by atoms with van der Waals surface area (Å²) in [7, 11) is -3.60. The molecule has 8 nitrogen and oxygen atoms in total. The summed E-state index contributed by atoms with van der Waals surface area (Å²) >= 11 is 0. The van der Waals surface area contributed by atoms with E-state index < -0.39 is 10.0 Å². The van der Waals surface area contributed by atoms with E-state index in [9.17, 15) is 13.2 Å². The fourth-order valence-corrected chi connectivity index (χ4v) is 5.52. The lowest BCUT2D eigenvalue weighted by Crippen LogP contribution is -2.32. The number of aromatic nitrogens is 1. The molecule has 1 aliphatic heterocycles. The summed E-state index contributed by atoms with van der Waals surface area (Å²) < 4.78 is 38.7. The lowest BCUT2D eigenvalue weighted by Gasteiger charge is -2.20. The molecule has 180 valence electrons. The Kier molecular flexibility index (Phi) is 7.33. The Morgan fingerprint density at radius 3 is 2.50 bits per heavy atom. The van der Waals surface area contributed by atoms with Crippen LogP contribution in [0.5, 0.6) is 5.75 Å². The average Bonchev–Trinajstić information content (AvgIpc) is 3.01. The minimum Gasteiger partial charge on any atom is -0.489 e. The number of carbonyl (C=O) groups excluding carboxylic acids is 1. The van der Waals surface area contributed by atoms with Gasteiger partial charge in [0, 0.05) is 24.3 Å². The van der Waals surface area contributed by atoms with E-state index in [0.717, 1.165) is 36.9 Å². The zero-order chi connectivity index (χ0) is 24.1. The first-order valence-corrected chi connectivity index (χ1v) is 12.8. The maximum atomic E-state index is 13.1. The molecule has 2 heterocycles. The summed E-state index contributed by atoms with van der Waals surface area (Å²) in [6.45, 7) is 5.01. The van der Waals surface area contributed by atoms with Gasteiger partial charge in [0.1, 0.15) is 18.1 Å². The molecule has 34 heavy (non-hydrogen) atoms. The summed E-state index contributed by atoms with van der Waals surface area (Å²) in [4.78, 5) is 13.0. The van der Waals surface area contributed by atoms with Gasteiger partial charge in [-0.15, -0.1) is 0 Å². The number of rotatable bonds is 7. The van der Waals surface area contributed by atoms with Crippen molar-refractivity contribution < 1.29 is 22.5 Å².